The van der Waals surface area contributed by atoms with Crippen LogP contribution in [0.2, 0.25) is 0 Å². The van der Waals surface area contributed by atoms with Crippen molar-refractivity contribution < 1.29 is 14.0 Å². The molecule has 2 fully saturated rings. The summed E-state index contributed by atoms with van der Waals surface area (Å²) in [6.07, 6.45) is 5.32. The fourth-order valence-corrected chi connectivity index (χ4v) is 4.37. The van der Waals surface area contributed by atoms with Crippen LogP contribution < -0.4 is 5.32 Å². The fraction of sp³-hybridized carbons (Fsp3) is 0.600. The minimum absolute atomic E-state index is 0.0438. The normalized spacial score (nSPS) is 22.6. The first-order valence-electron chi connectivity index (χ1n) is 9.40. The van der Waals surface area contributed by atoms with Crippen LogP contribution in [0.5, 0.6) is 0 Å². The molecule has 0 bridgehead atoms. The number of hydrogen-bond acceptors (Lipinski definition) is 2. The lowest BCUT2D eigenvalue weighted by atomic mass is 9.77. The molecule has 1 aliphatic heterocycles. The maximum atomic E-state index is 13.4. The van der Waals surface area contributed by atoms with Crippen molar-refractivity contribution >= 4 is 11.8 Å². The van der Waals surface area contributed by atoms with Gasteiger partial charge in [0.15, 0.2) is 0 Å². The van der Waals surface area contributed by atoms with E-state index in [9.17, 15) is 14.0 Å². The summed E-state index contributed by atoms with van der Waals surface area (Å²) in [5.41, 5.74) is 0.369. The summed E-state index contributed by atoms with van der Waals surface area (Å²) in [4.78, 5) is 27.5. The number of halogens is 1. The Morgan fingerprint density at radius 3 is 2.52 bits per heavy atom. The number of likely N-dealkylation sites (tertiary alicyclic amines) is 1. The number of piperidine rings is 1. The van der Waals surface area contributed by atoms with E-state index in [2.05, 4.69) is 5.32 Å². The maximum absolute atomic E-state index is 13.4. The standard InChI is InChI=1S/C20H27FN2O2/c1-2-22-18(24)15-6-5-13-23(14-15)19(25)20(11-3-4-12-20)16-7-9-17(21)10-8-16/h7-10,15H,2-6,11-14H2,1H3,(H,22,24). The van der Waals surface area contributed by atoms with Crippen LogP contribution in [-0.2, 0) is 15.0 Å². The Balaban J connectivity index is 1.81. The minimum atomic E-state index is -0.545. The Morgan fingerprint density at radius 1 is 1.20 bits per heavy atom. The summed E-state index contributed by atoms with van der Waals surface area (Å²) in [5.74, 6) is -0.240. The maximum Gasteiger partial charge on any atom is 0.233 e. The van der Waals surface area contributed by atoms with Crippen LogP contribution in [0.4, 0.5) is 4.39 Å². The first-order chi connectivity index (χ1) is 12.1. The molecule has 1 saturated carbocycles. The van der Waals surface area contributed by atoms with E-state index in [0.717, 1.165) is 44.1 Å². The van der Waals surface area contributed by atoms with Gasteiger partial charge in [0.25, 0.3) is 0 Å². The molecule has 2 aliphatic rings. The fourth-order valence-electron chi connectivity index (χ4n) is 4.37. The number of carbonyl (C=O) groups is 2. The molecule has 4 nitrogen and oxygen atoms in total. The van der Waals surface area contributed by atoms with Gasteiger partial charge in [-0.15, -0.1) is 0 Å². The van der Waals surface area contributed by atoms with Gasteiger partial charge in [0.05, 0.1) is 11.3 Å². The zero-order valence-corrected chi connectivity index (χ0v) is 14.9. The number of nitrogens with zero attached hydrogens (tertiary/aromatic N) is 1. The zero-order chi connectivity index (χ0) is 17.9. The van der Waals surface area contributed by atoms with E-state index in [1.807, 2.05) is 11.8 Å². The molecule has 1 heterocycles. The summed E-state index contributed by atoms with van der Waals surface area (Å²) in [6, 6.07) is 6.39. The highest BCUT2D eigenvalue weighted by atomic mass is 19.1. The third kappa shape index (κ3) is 3.55. The number of hydrogen-bond donors (Lipinski definition) is 1. The van der Waals surface area contributed by atoms with Gasteiger partial charge >= 0.3 is 0 Å². The lowest BCUT2D eigenvalue weighted by Gasteiger charge is -2.39. The Morgan fingerprint density at radius 2 is 1.88 bits per heavy atom. The number of rotatable bonds is 4. The summed E-state index contributed by atoms with van der Waals surface area (Å²) >= 11 is 0. The highest BCUT2D eigenvalue weighted by Gasteiger charge is 2.46. The molecule has 25 heavy (non-hydrogen) atoms. The average molecular weight is 346 g/mol. The first-order valence-corrected chi connectivity index (χ1v) is 9.40. The van der Waals surface area contributed by atoms with E-state index in [1.54, 1.807) is 12.1 Å². The molecule has 1 unspecified atom stereocenters. The molecular weight excluding hydrogens is 319 g/mol. The summed E-state index contributed by atoms with van der Waals surface area (Å²) in [7, 11) is 0. The van der Waals surface area contributed by atoms with Crippen LogP contribution in [0, 0.1) is 11.7 Å². The van der Waals surface area contributed by atoms with Gasteiger partial charge in [-0.3, -0.25) is 9.59 Å². The predicted molar refractivity (Wildman–Crippen MR) is 94.5 cm³/mol. The van der Waals surface area contributed by atoms with Crippen molar-refractivity contribution in [1.29, 1.82) is 0 Å². The molecule has 0 radical (unpaired) electrons. The van der Waals surface area contributed by atoms with E-state index in [-0.39, 0.29) is 23.5 Å². The highest BCUT2D eigenvalue weighted by Crippen LogP contribution is 2.43. The van der Waals surface area contributed by atoms with E-state index in [4.69, 9.17) is 0 Å². The summed E-state index contributed by atoms with van der Waals surface area (Å²) in [6.45, 7) is 3.72. The van der Waals surface area contributed by atoms with Gasteiger partial charge < -0.3 is 10.2 Å². The van der Waals surface area contributed by atoms with Crippen LogP contribution in [0.1, 0.15) is 51.0 Å². The molecule has 1 aromatic carbocycles. The van der Waals surface area contributed by atoms with Crippen molar-refractivity contribution in [2.45, 2.75) is 50.9 Å². The van der Waals surface area contributed by atoms with Crippen molar-refractivity contribution in [3.8, 4) is 0 Å². The molecule has 0 spiro atoms. The number of carbonyl (C=O) groups excluding carboxylic acids is 2. The lowest BCUT2D eigenvalue weighted by molar-refractivity contribution is -0.141. The summed E-state index contributed by atoms with van der Waals surface area (Å²) < 4.78 is 13.3. The smallest absolute Gasteiger partial charge is 0.233 e. The van der Waals surface area contributed by atoms with Crippen LogP contribution >= 0.6 is 0 Å². The third-order valence-corrected chi connectivity index (χ3v) is 5.69. The molecule has 136 valence electrons. The van der Waals surface area contributed by atoms with E-state index in [0.29, 0.717) is 19.6 Å². The molecule has 5 heteroatoms. The van der Waals surface area contributed by atoms with Crippen molar-refractivity contribution in [1.82, 2.24) is 10.2 Å². The second-order valence-corrected chi connectivity index (χ2v) is 7.28. The van der Waals surface area contributed by atoms with Gasteiger partial charge in [-0.05, 0) is 50.3 Å². The van der Waals surface area contributed by atoms with Crippen LogP contribution in [0.15, 0.2) is 24.3 Å². The molecule has 0 aromatic heterocycles. The van der Waals surface area contributed by atoms with Gasteiger partial charge in [0.2, 0.25) is 11.8 Å². The highest BCUT2D eigenvalue weighted by molar-refractivity contribution is 5.89. The Bertz CT molecular complexity index is 623. The van der Waals surface area contributed by atoms with E-state index >= 15 is 0 Å². The van der Waals surface area contributed by atoms with Crippen molar-refractivity contribution in [3.05, 3.63) is 35.6 Å². The minimum Gasteiger partial charge on any atom is -0.356 e. The largest absolute Gasteiger partial charge is 0.356 e. The lowest BCUT2D eigenvalue weighted by Crippen LogP contribution is -2.51. The number of amides is 2. The monoisotopic (exact) mass is 346 g/mol. The van der Waals surface area contributed by atoms with E-state index in [1.165, 1.54) is 12.1 Å². The molecule has 2 amide bonds. The molecule has 1 aliphatic carbocycles. The van der Waals surface area contributed by atoms with Gasteiger partial charge in [0.1, 0.15) is 5.82 Å². The quantitative estimate of drug-likeness (QED) is 0.911. The number of benzene rings is 1. The van der Waals surface area contributed by atoms with Gasteiger partial charge in [-0.2, -0.15) is 0 Å². The van der Waals surface area contributed by atoms with Crippen LogP contribution in [0.25, 0.3) is 0 Å². The van der Waals surface area contributed by atoms with Crippen LogP contribution in [0.3, 0.4) is 0 Å². The topological polar surface area (TPSA) is 49.4 Å². The predicted octanol–water partition coefficient (Wildman–Crippen LogP) is 3.01. The second kappa shape index (κ2) is 7.54. The first kappa shape index (κ1) is 17.9. The van der Waals surface area contributed by atoms with Crippen molar-refractivity contribution in [2.75, 3.05) is 19.6 Å². The zero-order valence-electron chi connectivity index (χ0n) is 14.9. The molecule has 1 aromatic rings. The second-order valence-electron chi connectivity index (χ2n) is 7.28. The summed E-state index contributed by atoms with van der Waals surface area (Å²) in [5, 5.41) is 2.87. The van der Waals surface area contributed by atoms with Crippen molar-refractivity contribution in [3.63, 3.8) is 0 Å². The Hall–Kier alpha value is -1.91. The van der Waals surface area contributed by atoms with Gasteiger partial charge in [0, 0.05) is 19.6 Å². The van der Waals surface area contributed by atoms with E-state index < -0.39 is 5.41 Å². The molecule has 3 rings (SSSR count). The average Bonchev–Trinajstić information content (AvgIpc) is 3.13. The van der Waals surface area contributed by atoms with Crippen molar-refractivity contribution in [2.24, 2.45) is 5.92 Å². The Kier molecular flexibility index (Phi) is 5.40. The van der Waals surface area contributed by atoms with Gasteiger partial charge in [-0.1, -0.05) is 25.0 Å². The third-order valence-electron chi connectivity index (χ3n) is 5.69. The molecule has 1 saturated heterocycles. The SMILES string of the molecule is CCNC(=O)C1CCCN(C(=O)C2(c3ccc(F)cc3)CCCC2)C1. The van der Waals surface area contributed by atoms with Crippen LogP contribution in [-0.4, -0.2) is 36.3 Å². The Labute approximate surface area is 148 Å². The van der Waals surface area contributed by atoms with Gasteiger partial charge in [-0.25, -0.2) is 4.39 Å². The number of nitrogens with one attached hydrogen (secondary N) is 1. The molecule has 1 N–H and O–H groups in total. The molecular formula is C20H27FN2O2. The molecule has 1 atom stereocenters.